The zero-order valence-corrected chi connectivity index (χ0v) is 22.0. The number of para-hydroxylation sites is 1. The van der Waals surface area contributed by atoms with Crippen molar-refractivity contribution in [2.24, 2.45) is 0 Å². The summed E-state index contributed by atoms with van der Waals surface area (Å²) in [6, 6.07) is 17.4. The lowest BCUT2D eigenvalue weighted by Gasteiger charge is -2.38. The van der Waals surface area contributed by atoms with Crippen molar-refractivity contribution in [1.82, 2.24) is 15.1 Å². The molecule has 2 atom stereocenters. The van der Waals surface area contributed by atoms with Crippen molar-refractivity contribution in [2.75, 3.05) is 11.4 Å². The maximum atomic E-state index is 14.1. The second kappa shape index (κ2) is 10.9. The lowest BCUT2D eigenvalue weighted by Crippen LogP contribution is -2.55. The van der Waals surface area contributed by atoms with E-state index in [4.69, 9.17) is 5.10 Å². The highest BCUT2D eigenvalue weighted by atomic mass is 19.4. The first-order valence-corrected chi connectivity index (χ1v) is 12.8. The van der Waals surface area contributed by atoms with Gasteiger partial charge in [0.1, 0.15) is 23.4 Å². The average Bonchev–Trinajstić information content (AvgIpc) is 3.33. The lowest BCUT2D eigenvalue weighted by atomic mass is 9.81. The number of carbonyl (C=O) groups is 2. The van der Waals surface area contributed by atoms with E-state index >= 15 is 0 Å². The first-order valence-electron chi connectivity index (χ1n) is 12.8. The molecule has 0 fully saturated rings. The molecule has 1 aliphatic heterocycles. The van der Waals surface area contributed by atoms with Gasteiger partial charge >= 0.3 is 6.18 Å². The number of hydrogen-bond acceptors (Lipinski definition) is 3. The summed E-state index contributed by atoms with van der Waals surface area (Å²) in [7, 11) is 0. The summed E-state index contributed by atoms with van der Waals surface area (Å²) in [5, 5.41) is 7.40. The third-order valence-corrected chi connectivity index (χ3v) is 6.86. The summed E-state index contributed by atoms with van der Waals surface area (Å²) in [5.41, 5.74) is 0.807. The van der Waals surface area contributed by atoms with Gasteiger partial charge in [0.05, 0.1) is 11.3 Å². The van der Waals surface area contributed by atoms with Crippen molar-refractivity contribution < 1.29 is 27.2 Å². The molecule has 0 spiro atoms. The van der Waals surface area contributed by atoms with Gasteiger partial charge < -0.3 is 5.32 Å². The number of aromatic nitrogens is 2. The van der Waals surface area contributed by atoms with E-state index in [1.165, 1.54) is 35.2 Å². The minimum atomic E-state index is -4.65. The van der Waals surface area contributed by atoms with Crippen LogP contribution < -0.4 is 10.2 Å². The van der Waals surface area contributed by atoms with E-state index in [1.54, 1.807) is 18.5 Å². The second-order valence-corrected chi connectivity index (χ2v) is 9.35. The molecule has 0 saturated carbocycles. The van der Waals surface area contributed by atoms with E-state index < -0.39 is 41.3 Å². The lowest BCUT2D eigenvalue weighted by molar-refractivity contribution is -0.137. The molecule has 5 rings (SSSR count). The first kappa shape index (κ1) is 27.6. The van der Waals surface area contributed by atoms with Gasteiger partial charge in [-0.1, -0.05) is 42.3 Å². The highest BCUT2D eigenvalue weighted by molar-refractivity contribution is 6.05. The topological polar surface area (TPSA) is 67.2 Å². The zero-order chi connectivity index (χ0) is 29.3. The molecule has 0 radical (unpaired) electrons. The predicted octanol–water partition coefficient (Wildman–Crippen LogP) is 5.70. The van der Waals surface area contributed by atoms with E-state index in [2.05, 4.69) is 17.2 Å². The van der Waals surface area contributed by atoms with Crippen LogP contribution in [0.3, 0.4) is 0 Å². The van der Waals surface area contributed by atoms with Gasteiger partial charge in [-0.2, -0.15) is 18.3 Å². The van der Waals surface area contributed by atoms with Crippen molar-refractivity contribution in [3.05, 3.63) is 113 Å². The third kappa shape index (κ3) is 5.18. The summed E-state index contributed by atoms with van der Waals surface area (Å²) in [6.45, 7) is 3.60. The SMILES string of the molecule is CC#Cc1nn(-c2ccccc2)c2c1[C@@H](c1ccc(F)cc1)[C@@H](NC(=O)c1cccc(C(F)(F)F)c1)C(=O)N2CC. The van der Waals surface area contributed by atoms with Crippen LogP contribution in [0.2, 0.25) is 0 Å². The number of alkyl halides is 3. The second-order valence-electron chi connectivity index (χ2n) is 9.35. The molecule has 0 unspecified atom stereocenters. The molecule has 0 aliphatic carbocycles. The van der Waals surface area contributed by atoms with Gasteiger partial charge in [0.25, 0.3) is 11.8 Å². The van der Waals surface area contributed by atoms with Crippen molar-refractivity contribution >= 4 is 17.6 Å². The summed E-state index contributed by atoms with van der Waals surface area (Å²) < 4.78 is 55.6. The normalized spacial score (nSPS) is 16.5. The van der Waals surface area contributed by atoms with Crippen molar-refractivity contribution in [2.45, 2.75) is 32.0 Å². The van der Waals surface area contributed by atoms with E-state index in [0.29, 0.717) is 28.3 Å². The Balaban J connectivity index is 1.70. The Morgan fingerprint density at radius 2 is 1.73 bits per heavy atom. The number of nitrogens with one attached hydrogen (secondary N) is 1. The van der Waals surface area contributed by atoms with E-state index in [-0.39, 0.29) is 12.1 Å². The Labute approximate surface area is 233 Å². The van der Waals surface area contributed by atoms with Crippen LogP contribution in [0.5, 0.6) is 0 Å². The van der Waals surface area contributed by atoms with Crippen LogP contribution in [0.25, 0.3) is 5.69 Å². The summed E-state index contributed by atoms with van der Waals surface area (Å²) in [5.74, 6) is 3.56. The molecule has 2 heterocycles. The molecule has 1 aliphatic rings. The quantitative estimate of drug-likeness (QED) is 0.252. The average molecular weight is 561 g/mol. The highest BCUT2D eigenvalue weighted by Crippen LogP contribution is 2.43. The zero-order valence-electron chi connectivity index (χ0n) is 22.0. The predicted molar refractivity (Wildman–Crippen MR) is 145 cm³/mol. The maximum absolute atomic E-state index is 14.1. The van der Waals surface area contributed by atoms with Gasteiger partial charge in [-0.25, -0.2) is 9.07 Å². The van der Waals surface area contributed by atoms with Crippen LogP contribution in [-0.2, 0) is 11.0 Å². The molecular weight excluding hydrogens is 536 g/mol. The minimum absolute atomic E-state index is 0.204. The summed E-state index contributed by atoms with van der Waals surface area (Å²) in [6.07, 6.45) is -4.65. The first-order chi connectivity index (χ1) is 19.6. The van der Waals surface area contributed by atoms with Crippen LogP contribution >= 0.6 is 0 Å². The number of amides is 2. The van der Waals surface area contributed by atoms with Crippen LogP contribution in [0.15, 0.2) is 78.9 Å². The molecule has 0 saturated heterocycles. The van der Waals surface area contributed by atoms with Crippen LogP contribution in [0.4, 0.5) is 23.4 Å². The van der Waals surface area contributed by atoms with Gasteiger partial charge in [-0.3, -0.25) is 14.5 Å². The fraction of sp³-hybridized carbons (Fsp3) is 0.194. The molecule has 4 aromatic rings. The highest BCUT2D eigenvalue weighted by Gasteiger charge is 2.46. The molecule has 3 aromatic carbocycles. The number of carbonyl (C=O) groups excluding carboxylic acids is 2. The monoisotopic (exact) mass is 560 g/mol. The van der Waals surface area contributed by atoms with Gasteiger partial charge in [0, 0.05) is 23.6 Å². The van der Waals surface area contributed by atoms with Gasteiger partial charge in [0.15, 0.2) is 0 Å². The number of nitrogens with zero attached hydrogens (tertiary/aromatic N) is 3. The molecule has 1 N–H and O–H groups in total. The van der Waals surface area contributed by atoms with E-state index in [1.807, 2.05) is 30.3 Å². The number of hydrogen-bond donors (Lipinski definition) is 1. The van der Waals surface area contributed by atoms with Crippen molar-refractivity contribution in [1.29, 1.82) is 0 Å². The number of benzene rings is 3. The number of halogens is 4. The molecule has 2 amide bonds. The fourth-order valence-electron chi connectivity index (χ4n) is 5.05. The Morgan fingerprint density at radius 3 is 2.37 bits per heavy atom. The number of fused-ring (bicyclic) bond motifs is 1. The van der Waals surface area contributed by atoms with Crippen LogP contribution in [0, 0.1) is 17.7 Å². The van der Waals surface area contributed by atoms with Crippen molar-refractivity contribution in [3.8, 4) is 17.5 Å². The Morgan fingerprint density at radius 1 is 1.02 bits per heavy atom. The molecule has 10 heteroatoms. The number of anilines is 1. The molecule has 41 heavy (non-hydrogen) atoms. The van der Waals surface area contributed by atoms with Gasteiger partial charge in [-0.05, 0) is 67.8 Å². The molecule has 6 nitrogen and oxygen atoms in total. The van der Waals surface area contributed by atoms with Gasteiger partial charge in [0.2, 0.25) is 0 Å². The van der Waals surface area contributed by atoms with E-state index in [9.17, 15) is 27.2 Å². The number of rotatable bonds is 5. The fourth-order valence-corrected chi connectivity index (χ4v) is 5.05. The number of likely N-dealkylation sites (N-methyl/N-ethyl adjacent to an activating group) is 1. The van der Waals surface area contributed by atoms with Crippen LogP contribution in [-0.4, -0.2) is 34.2 Å². The van der Waals surface area contributed by atoms with Crippen LogP contribution in [0.1, 0.15) is 52.5 Å². The van der Waals surface area contributed by atoms with E-state index in [0.717, 1.165) is 18.2 Å². The molecule has 1 aromatic heterocycles. The Kier molecular flexibility index (Phi) is 7.37. The summed E-state index contributed by atoms with van der Waals surface area (Å²) in [4.78, 5) is 28.9. The maximum Gasteiger partial charge on any atom is 0.416 e. The minimum Gasteiger partial charge on any atom is -0.339 e. The molecule has 208 valence electrons. The standard InChI is InChI=1S/C31H24F4N4O2/c1-3-9-24-26-25(19-14-16-22(32)17-15-19)27(36-28(40)20-10-8-11-21(18-20)31(33,34)35)30(41)38(4-2)29(26)39(37-24)23-12-6-5-7-13-23/h5-8,10-18,25,27H,4H2,1-2H3,(H,36,40)/t25-,27-/m1/s1. The molecular formula is C31H24F4N4O2. The van der Waals surface area contributed by atoms with Gasteiger partial charge in [-0.15, -0.1) is 0 Å². The van der Waals surface area contributed by atoms with Crippen molar-refractivity contribution in [3.63, 3.8) is 0 Å². The largest absolute Gasteiger partial charge is 0.416 e. The molecule has 0 bridgehead atoms. The Hall–Kier alpha value is -4.91. The smallest absolute Gasteiger partial charge is 0.339 e. The summed E-state index contributed by atoms with van der Waals surface area (Å²) >= 11 is 0. The third-order valence-electron chi connectivity index (χ3n) is 6.86. The Bertz CT molecular complexity index is 1670.